The number of hydrogen-bond acceptors (Lipinski definition) is 4. The van der Waals surface area contributed by atoms with Gasteiger partial charge in [-0.25, -0.2) is 9.50 Å². The quantitative estimate of drug-likeness (QED) is 0.507. The van der Waals surface area contributed by atoms with Crippen LogP contribution in [0.1, 0.15) is 12.6 Å². The van der Waals surface area contributed by atoms with E-state index in [4.69, 9.17) is 34.3 Å². The topological polar surface area (TPSA) is 80.1 Å². The molecule has 0 amide bonds. The highest BCUT2D eigenvalue weighted by Crippen LogP contribution is 2.26. The summed E-state index contributed by atoms with van der Waals surface area (Å²) < 4.78 is 1.74. The van der Waals surface area contributed by atoms with Gasteiger partial charge in [-0.05, 0) is 43.6 Å². The van der Waals surface area contributed by atoms with E-state index < -0.39 is 0 Å². The summed E-state index contributed by atoms with van der Waals surface area (Å²) in [5, 5.41) is 11.5. The number of aromatic nitrogens is 3. The molecule has 0 spiro atoms. The average Bonchev–Trinajstić information content (AvgIpc) is 3.00. The second kappa shape index (κ2) is 10.9. The van der Waals surface area contributed by atoms with Gasteiger partial charge in [0, 0.05) is 17.0 Å². The van der Waals surface area contributed by atoms with Crippen LogP contribution in [0.4, 0.5) is 0 Å². The van der Waals surface area contributed by atoms with Crippen molar-refractivity contribution in [3.8, 4) is 24.1 Å². The second-order valence-corrected chi connectivity index (χ2v) is 5.58. The van der Waals surface area contributed by atoms with Crippen LogP contribution in [0.3, 0.4) is 0 Å². The minimum Gasteiger partial charge on any atom is -0.405 e. The molecule has 0 saturated heterocycles. The smallest absolute Gasteiger partial charge is 0.154 e. The van der Waals surface area contributed by atoms with Crippen molar-refractivity contribution in [2.75, 3.05) is 0 Å². The van der Waals surface area contributed by atoms with Crippen LogP contribution in [0, 0.1) is 18.3 Å². The van der Waals surface area contributed by atoms with Crippen LogP contribution in [-0.2, 0) is 6.42 Å². The normalized spacial score (nSPS) is 9.88. The van der Waals surface area contributed by atoms with Crippen LogP contribution >= 0.6 is 23.2 Å². The van der Waals surface area contributed by atoms with Crippen LogP contribution in [0.25, 0.3) is 16.9 Å². The number of halogens is 2. The number of hydrogen-bond donors (Lipinski definition) is 2. The molecule has 7 heteroatoms. The maximum absolute atomic E-state index is 6.08. The first-order chi connectivity index (χ1) is 12.6. The Hall–Kier alpha value is -2.81. The Morgan fingerprint density at radius 1 is 1.15 bits per heavy atom. The number of terminal acetylenes is 1. The number of allylic oxidation sites excluding steroid dienone is 1. The summed E-state index contributed by atoms with van der Waals surface area (Å²) in [6, 6.07) is 11.1. The molecule has 134 valence electrons. The minimum absolute atomic E-state index is 0.417. The first-order valence-electron chi connectivity index (χ1n) is 7.56. The molecular formula is C19H19Cl2N5. The molecule has 0 saturated carbocycles. The van der Waals surface area contributed by atoms with Crippen LogP contribution in [0.5, 0.6) is 0 Å². The predicted octanol–water partition coefficient (Wildman–Crippen LogP) is 4.62. The van der Waals surface area contributed by atoms with Gasteiger partial charge in [-0.3, -0.25) is 0 Å². The zero-order chi connectivity index (χ0) is 19.5. The van der Waals surface area contributed by atoms with Crippen molar-refractivity contribution in [3.63, 3.8) is 0 Å². The molecule has 3 aromatic rings. The maximum atomic E-state index is 6.08. The highest BCUT2D eigenvalue weighted by atomic mass is 35.5. The molecule has 26 heavy (non-hydrogen) atoms. The van der Waals surface area contributed by atoms with Crippen molar-refractivity contribution in [1.82, 2.24) is 14.6 Å². The summed E-state index contributed by atoms with van der Waals surface area (Å²) in [6.45, 7) is 1.67. The van der Waals surface area contributed by atoms with Crippen molar-refractivity contribution in [3.05, 3.63) is 64.5 Å². The number of nitrogens with two attached hydrogens (primary N) is 1. The lowest BCUT2D eigenvalue weighted by molar-refractivity contribution is 0.879. The Balaban J connectivity index is 0.000000615. The van der Waals surface area contributed by atoms with E-state index in [1.807, 2.05) is 36.4 Å². The lowest BCUT2D eigenvalue weighted by atomic mass is 10.1. The zero-order valence-corrected chi connectivity index (χ0v) is 15.7. The first-order valence-corrected chi connectivity index (χ1v) is 8.31. The van der Waals surface area contributed by atoms with Crippen molar-refractivity contribution >= 4 is 35.1 Å². The van der Waals surface area contributed by atoms with Crippen molar-refractivity contribution in [2.45, 2.75) is 13.3 Å². The van der Waals surface area contributed by atoms with Gasteiger partial charge in [-0.2, -0.15) is 5.10 Å². The average molecular weight is 388 g/mol. The van der Waals surface area contributed by atoms with Gasteiger partial charge in [-0.15, -0.1) is 12.8 Å². The molecule has 5 nitrogen and oxygen atoms in total. The molecule has 0 bridgehead atoms. The molecule has 0 unspecified atom stereocenters. The number of nitrogens with zero attached hydrogens (tertiary/aromatic N) is 3. The van der Waals surface area contributed by atoms with Gasteiger partial charge in [0.1, 0.15) is 5.15 Å². The van der Waals surface area contributed by atoms with E-state index in [1.165, 1.54) is 12.4 Å². The van der Waals surface area contributed by atoms with Crippen LogP contribution in [-0.4, -0.2) is 20.8 Å². The van der Waals surface area contributed by atoms with Gasteiger partial charge >= 0.3 is 0 Å². The van der Waals surface area contributed by atoms with Crippen LogP contribution < -0.4 is 5.73 Å². The molecule has 1 aromatic carbocycles. The van der Waals surface area contributed by atoms with Gasteiger partial charge in [0.25, 0.3) is 0 Å². The molecule has 3 N–H and O–H groups in total. The van der Waals surface area contributed by atoms with Gasteiger partial charge in [0.15, 0.2) is 5.65 Å². The summed E-state index contributed by atoms with van der Waals surface area (Å²) in [5.74, 6) is 0. The molecule has 0 radical (unpaired) electrons. The molecule has 2 heterocycles. The fourth-order valence-electron chi connectivity index (χ4n) is 2.16. The molecular weight excluding hydrogens is 369 g/mol. The van der Waals surface area contributed by atoms with Gasteiger partial charge in [0.2, 0.25) is 0 Å². The van der Waals surface area contributed by atoms with E-state index in [-0.39, 0.29) is 0 Å². The predicted molar refractivity (Wildman–Crippen MR) is 110 cm³/mol. The largest absolute Gasteiger partial charge is 0.405 e. The standard InChI is InChI=1S/C15H12Cl2N4.C2H5N.C2H2/c16-11-5-3-10(4-6-11)15-12(2-1-9-18)21-14(19-15)8-7-13(17)20-21;1-2-3;1-2/h1,3-9H,2,18H2;2-3H,1H3;1-2H/b9-1+;;. The highest BCUT2D eigenvalue weighted by molar-refractivity contribution is 6.30. The zero-order valence-electron chi connectivity index (χ0n) is 14.2. The Bertz CT molecular complexity index is 895. The molecule has 3 rings (SSSR count). The highest BCUT2D eigenvalue weighted by Gasteiger charge is 2.14. The lowest BCUT2D eigenvalue weighted by Gasteiger charge is -2.02. The summed E-state index contributed by atoms with van der Waals surface area (Å²) in [5.41, 5.74) is 8.94. The number of benzene rings is 1. The Kier molecular flexibility index (Phi) is 8.93. The maximum Gasteiger partial charge on any atom is 0.154 e. The van der Waals surface area contributed by atoms with E-state index in [2.05, 4.69) is 22.9 Å². The van der Waals surface area contributed by atoms with E-state index in [0.29, 0.717) is 16.6 Å². The van der Waals surface area contributed by atoms with Gasteiger partial charge < -0.3 is 11.1 Å². The number of fused-ring (bicyclic) bond motifs is 1. The molecule has 0 aliphatic rings. The van der Waals surface area contributed by atoms with Crippen molar-refractivity contribution in [1.29, 1.82) is 5.41 Å². The summed E-state index contributed by atoms with van der Waals surface area (Å²) in [6.07, 6.45) is 13.2. The number of imidazole rings is 1. The molecule has 0 fully saturated rings. The number of nitrogens with one attached hydrogen (secondary N) is 1. The van der Waals surface area contributed by atoms with E-state index in [9.17, 15) is 0 Å². The third-order valence-corrected chi connectivity index (χ3v) is 3.56. The molecule has 0 aliphatic carbocycles. The molecule has 2 aromatic heterocycles. The summed E-state index contributed by atoms with van der Waals surface area (Å²) in [4.78, 5) is 4.63. The minimum atomic E-state index is 0.417. The van der Waals surface area contributed by atoms with Crippen LogP contribution in [0.15, 0.2) is 48.7 Å². The SMILES string of the molecule is C#C.CC=N.N/C=C/Cc1c(-c2ccc(Cl)cc2)nc2ccc(Cl)nn12. The Labute approximate surface area is 163 Å². The second-order valence-electron chi connectivity index (χ2n) is 4.76. The fraction of sp³-hybridized carbons (Fsp3) is 0.105. The van der Waals surface area contributed by atoms with Gasteiger partial charge in [-0.1, -0.05) is 41.4 Å². The van der Waals surface area contributed by atoms with Crippen molar-refractivity contribution < 1.29 is 0 Å². The third-order valence-electron chi connectivity index (χ3n) is 3.10. The summed E-state index contributed by atoms with van der Waals surface area (Å²) in [7, 11) is 0. The first kappa shape index (κ1) is 21.2. The van der Waals surface area contributed by atoms with E-state index in [0.717, 1.165) is 22.6 Å². The summed E-state index contributed by atoms with van der Waals surface area (Å²) >= 11 is 11.9. The third kappa shape index (κ3) is 5.35. The number of rotatable bonds is 3. The van der Waals surface area contributed by atoms with E-state index >= 15 is 0 Å². The molecule has 0 aliphatic heterocycles. The Morgan fingerprint density at radius 2 is 1.77 bits per heavy atom. The van der Waals surface area contributed by atoms with E-state index in [1.54, 1.807) is 17.5 Å². The Morgan fingerprint density at radius 3 is 2.35 bits per heavy atom. The fourth-order valence-corrected chi connectivity index (χ4v) is 2.42. The monoisotopic (exact) mass is 387 g/mol. The van der Waals surface area contributed by atoms with Gasteiger partial charge in [0.05, 0.1) is 11.4 Å². The lowest BCUT2D eigenvalue weighted by Crippen LogP contribution is -1.98. The van der Waals surface area contributed by atoms with Crippen LogP contribution in [0.2, 0.25) is 10.2 Å². The molecule has 0 atom stereocenters. The van der Waals surface area contributed by atoms with Crippen molar-refractivity contribution in [2.24, 2.45) is 5.73 Å².